The highest BCUT2D eigenvalue weighted by atomic mass is 19.1. The van der Waals surface area contributed by atoms with Gasteiger partial charge in [0.25, 0.3) is 0 Å². The lowest BCUT2D eigenvalue weighted by atomic mass is 9.93. The lowest BCUT2D eigenvalue weighted by Crippen LogP contribution is -2.45. The normalized spacial score (nSPS) is 25.0. The number of halogens is 2. The lowest BCUT2D eigenvalue weighted by Gasteiger charge is -2.37. The number of rotatable bonds is 2. The maximum Gasteiger partial charge on any atom is 0.123 e. The van der Waals surface area contributed by atoms with Crippen LogP contribution in [-0.2, 0) is 0 Å². The number of likely N-dealkylation sites (N-methyl/N-ethyl adjacent to an activating group) is 1. The predicted molar refractivity (Wildman–Crippen MR) is 91.1 cm³/mol. The van der Waals surface area contributed by atoms with Gasteiger partial charge in [0, 0.05) is 38.1 Å². The first-order valence-corrected chi connectivity index (χ1v) is 8.59. The van der Waals surface area contributed by atoms with Gasteiger partial charge in [0.2, 0.25) is 0 Å². The highest BCUT2D eigenvalue weighted by Gasteiger charge is 2.36. The zero-order chi connectivity index (χ0) is 16.7. The minimum absolute atomic E-state index is 0.0658. The second kappa shape index (κ2) is 6.26. The SMILES string of the molecule is CN1CCN([C@@H]2C[C@@H](c3cccc(F)c3)c3cc(F)ccc32)CC1. The van der Waals surface area contributed by atoms with E-state index in [-0.39, 0.29) is 17.6 Å². The van der Waals surface area contributed by atoms with Crippen molar-refractivity contribution in [2.24, 2.45) is 0 Å². The third-order valence-corrected chi connectivity index (χ3v) is 5.47. The molecule has 2 aromatic carbocycles. The van der Waals surface area contributed by atoms with Crippen molar-refractivity contribution >= 4 is 0 Å². The van der Waals surface area contributed by atoms with E-state index in [1.807, 2.05) is 12.1 Å². The monoisotopic (exact) mass is 328 g/mol. The molecule has 1 saturated heterocycles. The molecule has 4 heteroatoms. The van der Waals surface area contributed by atoms with Crippen molar-refractivity contribution in [2.75, 3.05) is 33.2 Å². The number of hydrogen-bond donors (Lipinski definition) is 0. The standard InChI is InChI=1S/C20H22F2N2/c1-23-7-9-24(10-8-23)20-13-18(14-3-2-4-15(21)11-14)19-12-16(22)5-6-17(19)20/h2-6,11-12,18,20H,7-10,13H2,1H3/t18-,20+/m0/s1. The van der Waals surface area contributed by atoms with Gasteiger partial charge in [-0.2, -0.15) is 0 Å². The molecule has 2 aromatic rings. The summed E-state index contributed by atoms with van der Waals surface area (Å²) in [6.07, 6.45) is 0.895. The smallest absolute Gasteiger partial charge is 0.123 e. The molecule has 2 nitrogen and oxygen atoms in total. The van der Waals surface area contributed by atoms with E-state index in [1.54, 1.807) is 24.3 Å². The summed E-state index contributed by atoms with van der Waals surface area (Å²) in [5, 5.41) is 0. The molecule has 0 saturated carbocycles. The summed E-state index contributed by atoms with van der Waals surface area (Å²) in [7, 11) is 2.14. The zero-order valence-electron chi connectivity index (χ0n) is 13.9. The van der Waals surface area contributed by atoms with Crippen molar-refractivity contribution in [3.63, 3.8) is 0 Å². The van der Waals surface area contributed by atoms with E-state index in [1.165, 1.54) is 11.6 Å². The molecule has 1 aliphatic heterocycles. The topological polar surface area (TPSA) is 6.48 Å². The minimum atomic E-state index is -0.228. The molecular formula is C20H22F2N2. The molecule has 0 amide bonds. The molecule has 1 fully saturated rings. The van der Waals surface area contributed by atoms with Crippen molar-refractivity contribution in [3.8, 4) is 0 Å². The number of fused-ring (bicyclic) bond motifs is 1. The number of piperazine rings is 1. The molecule has 4 rings (SSSR count). The third-order valence-electron chi connectivity index (χ3n) is 5.47. The summed E-state index contributed by atoms with van der Waals surface area (Å²) >= 11 is 0. The van der Waals surface area contributed by atoms with E-state index in [4.69, 9.17) is 0 Å². The fourth-order valence-corrected chi connectivity index (χ4v) is 4.15. The summed E-state index contributed by atoms with van der Waals surface area (Å²) in [4.78, 5) is 4.83. The first-order chi connectivity index (χ1) is 11.6. The van der Waals surface area contributed by atoms with Crippen LogP contribution in [0.15, 0.2) is 42.5 Å². The van der Waals surface area contributed by atoms with Gasteiger partial charge in [-0.3, -0.25) is 4.90 Å². The predicted octanol–water partition coefficient (Wildman–Crippen LogP) is 3.79. The van der Waals surface area contributed by atoms with E-state index in [2.05, 4.69) is 16.8 Å². The zero-order valence-corrected chi connectivity index (χ0v) is 13.9. The van der Waals surface area contributed by atoms with Crippen LogP contribution in [0.4, 0.5) is 8.78 Å². The van der Waals surface area contributed by atoms with Crippen LogP contribution in [-0.4, -0.2) is 43.0 Å². The Kier molecular flexibility index (Phi) is 4.10. The van der Waals surface area contributed by atoms with Gasteiger partial charge in [0.05, 0.1) is 0 Å². The average Bonchev–Trinajstić information content (AvgIpc) is 2.94. The van der Waals surface area contributed by atoms with Crippen LogP contribution in [0.25, 0.3) is 0 Å². The fourth-order valence-electron chi connectivity index (χ4n) is 4.15. The van der Waals surface area contributed by atoms with Crippen molar-refractivity contribution in [1.82, 2.24) is 9.80 Å². The van der Waals surface area contributed by atoms with Crippen LogP contribution in [0.2, 0.25) is 0 Å². The van der Waals surface area contributed by atoms with Gasteiger partial charge in [0.1, 0.15) is 11.6 Å². The maximum absolute atomic E-state index is 13.9. The van der Waals surface area contributed by atoms with Gasteiger partial charge >= 0.3 is 0 Å². The van der Waals surface area contributed by atoms with Crippen molar-refractivity contribution < 1.29 is 8.78 Å². The second-order valence-electron chi connectivity index (χ2n) is 6.97. The van der Waals surface area contributed by atoms with Gasteiger partial charge in [-0.15, -0.1) is 0 Å². The van der Waals surface area contributed by atoms with Crippen LogP contribution >= 0.6 is 0 Å². The summed E-state index contributed by atoms with van der Waals surface area (Å²) in [6, 6.07) is 12.2. The Bertz CT molecular complexity index is 738. The van der Waals surface area contributed by atoms with E-state index in [0.717, 1.165) is 43.7 Å². The maximum atomic E-state index is 13.9. The number of hydrogen-bond acceptors (Lipinski definition) is 2. The Morgan fingerprint density at radius 2 is 1.62 bits per heavy atom. The van der Waals surface area contributed by atoms with Crippen molar-refractivity contribution in [2.45, 2.75) is 18.4 Å². The summed E-state index contributed by atoms with van der Waals surface area (Å²) in [6.45, 7) is 4.15. The Balaban J connectivity index is 1.70. The Morgan fingerprint density at radius 3 is 2.38 bits per heavy atom. The van der Waals surface area contributed by atoms with Gasteiger partial charge in [-0.25, -0.2) is 8.78 Å². The van der Waals surface area contributed by atoms with Crippen LogP contribution in [0.1, 0.15) is 35.1 Å². The molecule has 0 unspecified atom stereocenters. The Hall–Kier alpha value is -1.78. The molecule has 1 heterocycles. The molecule has 0 radical (unpaired) electrons. The molecule has 2 aliphatic rings. The average molecular weight is 328 g/mol. The Labute approximate surface area is 141 Å². The minimum Gasteiger partial charge on any atom is -0.304 e. The largest absolute Gasteiger partial charge is 0.304 e. The first kappa shape index (κ1) is 15.7. The van der Waals surface area contributed by atoms with Crippen molar-refractivity contribution in [1.29, 1.82) is 0 Å². The van der Waals surface area contributed by atoms with Crippen LogP contribution in [0, 0.1) is 11.6 Å². The second-order valence-corrected chi connectivity index (χ2v) is 6.97. The molecule has 126 valence electrons. The molecule has 2 atom stereocenters. The number of nitrogens with zero attached hydrogens (tertiary/aromatic N) is 2. The summed E-state index contributed by atoms with van der Waals surface area (Å²) in [5.41, 5.74) is 3.17. The van der Waals surface area contributed by atoms with E-state index in [9.17, 15) is 8.78 Å². The van der Waals surface area contributed by atoms with E-state index >= 15 is 0 Å². The van der Waals surface area contributed by atoms with Gasteiger partial charge < -0.3 is 4.90 Å². The van der Waals surface area contributed by atoms with Gasteiger partial charge in [-0.1, -0.05) is 18.2 Å². The highest BCUT2D eigenvalue weighted by molar-refractivity contribution is 5.45. The fraction of sp³-hybridized carbons (Fsp3) is 0.400. The molecule has 0 N–H and O–H groups in total. The number of benzene rings is 2. The van der Waals surface area contributed by atoms with Crippen molar-refractivity contribution in [3.05, 3.63) is 70.8 Å². The van der Waals surface area contributed by atoms with E-state index in [0.29, 0.717) is 6.04 Å². The molecule has 0 aromatic heterocycles. The molecule has 1 aliphatic carbocycles. The summed E-state index contributed by atoms with van der Waals surface area (Å²) < 4.78 is 27.5. The Morgan fingerprint density at radius 1 is 0.875 bits per heavy atom. The summed E-state index contributed by atoms with van der Waals surface area (Å²) in [5.74, 6) is -0.376. The van der Waals surface area contributed by atoms with Gasteiger partial charge in [0.15, 0.2) is 0 Å². The van der Waals surface area contributed by atoms with Crippen LogP contribution in [0.3, 0.4) is 0 Å². The first-order valence-electron chi connectivity index (χ1n) is 8.59. The molecular weight excluding hydrogens is 306 g/mol. The quantitative estimate of drug-likeness (QED) is 0.828. The molecule has 0 spiro atoms. The van der Waals surface area contributed by atoms with Crippen LogP contribution < -0.4 is 0 Å². The molecule has 24 heavy (non-hydrogen) atoms. The van der Waals surface area contributed by atoms with Gasteiger partial charge in [-0.05, 0) is 54.4 Å². The highest BCUT2D eigenvalue weighted by Crippen LogP contribution is 2.47. The lowest BCUT2D eigenvalue weighted by molar-refractivity contribution is 0.110. The van der Waals surface area contributed by atoms with E-state index < -0.39 is 0 Å². The van der Waals surface area contributed by atoms with Crippen LogP contribution in [0.5, 0.6) is 0 Å². The third kappa shape index (κ3) is 2.85. The molecule has 0 bridgehead atoms.